The fraction of sp³-hybridized carbons (Fsp3) is 0.238. The third-order valence-corrected chi connectivity index (χ3v) is 4.78. The van der Waals surface area contributed by atoms with E-state index in [1.807, 2.05) is 36.4 Å². The molecule has 1 amide bonds. The third-order valence-electron chi connectivity index (χ3n) is 4.78. The van der Waals surface area contributed by atoms with E-state index in [2.05, 4.69) is 24.0 Å². The van der Waals surface area contributed by atoms with E-state index < -0.39 is 24.0 Å². The van der Waals surface area contributed by atoms with E-state index in [-0.39, 0.29) is 12.5 Å². The summed E-state index contributed by atoms with van der Waals surface area (Å²) in [5.41, 5.74) is 4.49. The van der Waals surface area contributed by atoms with Gasteiger partial charge in [-0.25, -0.2) is 9.59 Å². The number of rotatable bonds is 6. The second-order valence-corrected chi connectivity index (χ2v) is 6.38. The fourth-order valence-corrected chi connectivity index (χ4v) is 3.32. The Labute approximate surface area is 152 Å². The summed E-state index contributed by atoms with van der Waals surface area (Å²) in [7, 11) is 0. The Balaban J connectivity index is 1.73. The summed E-state index contributed by atoms with van der Waals surface area (Å²) in [6.45, 7) is 5.40. The van der Waals surface area contributed by atoms with Crippen LogP contribution in [0.15, 0.2) is 61.2 Å². The van der Waals surface area contributed by atoms with Gasteiger partial charge in [0.15, 0.2) is 0 Å². The normalized spacial score (nSPS) is 14.7. The number of carboxylic acid groups (broad SMARTS) is 1. The van der Waals surface area contributed by atoms with Gasteiger partial charge in [0.1, 0.15) is 12.6 Å². The molecule has 0 radical (unpaired) electrons. The SMILES string of the molecule is C=C[C@H](C)C(NC(=O)OCC1c2ccccc2-c2ccccc21)C(=O)O. The number of amides is 1. The van der Waals surface area contributed by atoms with Crippen LogP contribution >= 0.6 is 0 Å². The van der Waals surface area contributed by atoms with Crippen molar-refractivity contribution in [2.24, 2.45) is 5.92 Å². The van der Waals surface area contributed by atoms with Crippen LogP contribution in [0.4, 0.5) is 4.79 Å². The second-order valence-electron chi connectivity index (χ2n) is 6.38. The summed E-state index contributed by atoms with van der Waals surface area (Å²) in [5, 5.41) is 11.7. The maximum atomic E-state index is 12.1. The lowest BCUT2D eigenvalue weighted by molar-refractivity contribution is -0.140. The molecule has 1 aliphatic carbocycles. The van der Waals surface area contributed by atoms with Crippen LogP contribution in [0.2, 0.25) is 0 Å². The molecule has 0 aliphatic heterocycles. The van der Waals surface area contributed by atoms with Gasteiger partial charge in [-0.1, -0.05) is 61.5 Å². The molecule has 1 aliphatic rings. The molecule has 26 heavy (non-hydrogen) atoms. The number of carbonyl (C=O) groups excluding carboxylic acids is 1. The molecule has 0 spiro atoms. The number of alkyl carbamates (subject to hydrolysis) is 1. The van der Waals surface area contributed by atoms with E-state index in [0.29, 0.717) is 0 Å². The van der Waals surface area contributed by atoms with Crippen LogP contribution in [0.1, 0.15) is 24.0 Å². The molecule has 5 nitrogen and oxygen atoms in total. The first-order valence-corrected chi connectivity index (χ1v) is 8.49. The molecular weight excluding hydrogens is 330 g/mol. The van der Waals surface area contributed by atoms with Crippen molar-refractivity contribution in [1.82, 2.24) is 5.32 Å². The average molecular weight is 351 g/mol. The van der Waals surface area contributed by atoms with Crippen LogP contribution < -0.4 is 5.32 Å². The predicted octanol–water partition coefficient (Wildman–Crippen LogP) is 3.80. The van der Waals surface area contributed by atoms with Crippen LogP contribution in [0, 0.1) is 5.92 Å². The number of benzene rings is 2. The van der Waals surface area contributed by atoms with Crippen LogP contribution in [-0.2, 0) is 9.53 Å². The molecule has 0 fully saturated rings. The highest BCUT2D eigenvalue weighted by Gasteiger charge is 2.30. The third kappa shape index (κ3) is 3.33. The van der Waals surface area contributed by atoms with Gasteiger partial charge in [-0.2, -0.15) is 0 Å². The van der Waals surface area contributed by atoms with Crippen molar-refractivity contribution in [3.8, 4) is 11.1 Å². The minimum absolute atomic E-state index is 0.0618. The van der Waals surface area contributed by atoms with E-state index in [0.717, 1.165) is 22.3 Å². The first-order valence-electron chi connectivity index (χ1n) is 8.49. The summed E-state index contributed by atoms with van der Waals surface area (Å²) < 4.78 is 5.37. The number of carbonyl (C=O) groups is 2. The summed E-state index contributed by atoms with van der Waals surface area (Å²) in [4.78, 5) is 23.4. The molecule has 2 aromatic carbocycles. The molecule has 0 heterocycles. The lowest BCUT2D eigenvalue weighted by Gasteiger charge is -2.19. The molecular formula is C21H21NO4. The van der Waals surface area contributed by atoms with Gasteiger partial charge in [-0.3, -0.25) is 0 Å². The van der Waals surface area contributed by atoms with Crippen molar-refractivity contribution in [3.05, 3.63) is 72.3 Å². The topological polar surface area (TPSA) is 75.6 Å². The highest BCUT2D eigenvalue weighted by molar-refractivity contribution is 5.81. The zero-order valence-electron chi connectivity index (χ0n) is 14.5. The summed E-state index contributed by atoms with van der Waals surface area (Å²) >= 11 is 0. The predicted molar refractivity (Wildman–Crippen MR) is 99.0 cm³/mol. The van der Waals surface area contributed by atoms with Crippen LogP contribution in [-0.4, -0.2) is 29.8 Å². The minimum Gasteiger partial charge on any atom is -0.480 e. The molecule has 2 atom stereocenters. The lowest BCUT2D eigenvalue weighted by atomic mass is 9.98. The Morgan fingerprint density at radius 3 is 2.19 bits per heavy atom. The Morgan fingerprint density at radius 2 is 1.69 bits per heavy atom. The number of ether oxygens (including phenoxy) is 1. The molecule has 0 aromatic heterocycles. The Morgan fingerprint density at radius 1 is 1.15 bits per heavy atom. The number of hydrogen-bond donors (Lipinski definition) is 2. The van der Waals surface area contributed by atoms with Crippen molar-refractivity contribution in [3.63, 3.8) is 0 Å². The monoisotopic (exact) mass is 351 g/mol. The molecule has 2 N–H and O–H groups in total. The van der Waals surface area contributed by atoms with Gasteiger partial charge in [-0.05, 0) is 22.3 Å². The lowest BCUT2D eigenvalue weighted by Crippen LogP contribution is -2.45. The second kappa shape index (κ2) is 7.44. The largest absolute Gasteiger partial charge is 0.480 e. The van der Waals surface area contributed by atoms with Crippen molar-refractivity contribution < 1.29 is 19.4 Å². The van der Waals surface area contributed by atoms with Gasteiger partial charge in [0.25, 0.3) is 0 Å². The molecule has 1 unspecified atom stereocenters. The number of hydrogen-bond acceptors (Lipinski definition) is 3. The zero-order chi connectivity index (χ0) is 18.7. The number of nitrogens with one attached hydrogen (secondary N) is 1. The van der Waals surface area contributed by atoms with E-state index >= 15 is 0 Å². The van der Waals surface area contributed by atoms with Crippen molar-refractivity contribution in [2.45, 2.75) is 18.9 Å². The van der Waals surface area contributed by atoms with Crippen LogP contribution in [0.5, 0.6) is 0 Å². The number of carboxylic acids is 1. The quantitative estimate of drug-likeness (QED) is 0.776. The summed E-state index contributed by atoms with van der Waals surface area (Å²) in [6.07, 6.45) is 0.746. The van der Waals surface area contributed by atoms with E-state index in [1.54, 1.807) is 6.92 Å². The highest BCUT2D eigenvalue weighted by Crippen LogP contribution is 2.44. The Bertz CT molecular complexity index is 800. The molecule has 2 aromatic rings. The standard InChI is InChI=1S/C21H21NO4/c1-3-13(2)19(20(23)24)22-21(25)26-12-18-16-10-6-4-8-14(16)15-9-5-7-11-17(15)18/h3-11,13,18-19H,1,12H2,2H3,(H,22,25)(H,23,24)/t13-,19?/m0/s1. The van der Waals surface area contributed by atoms with Gasteiger partial charge < -0.3 is 15.2 Å². The number of aliphatic carboxylic acids is 1. The fourth-order valence-electron chi connectivity index (χ4n) is 3.32. The number of fused-ring (bicyclic) bond motifs is 3. The maximum absolute atomic E-state index is 12.1. The van der Waals surface area contributed by atoms with Gasteiger partial charge in [0.05, 0.1) is 0 Å². The van der Waals surface area contributed by atoms with Gasteiger partial charge in [0, 0.05) is 11.8 Å². The van der Waals surface area contributed by atoms with Crippen molar-refractivity contribution in [2.75, 3.05) is 6.61 Å². The molecule has 5 heteroatoms. The van der Waals surface area contributed by atoms with E-state index in [1.165, 1.54) is 6.08 Å². The molecule has 0 saturated carbocycles. The highest BCUT2D eigenvalue weighted by atomic mass is 16.5. The van der Waals surface area contributed by atoms with Crippen molar-refractivity contribution >= 4 is 12.1 Å². The van der Waals surface area contributed by atoms with Gasteiger partial charge in [0.2, 0.25) is 0 Å². The van der Waals surface area contributed by atoms with E-state index in [9.17, 15) is 14.7 Å². The minimum atomic E-state index is -1.12. The van der Waals surface area contributed by atoms with Gasteiger partial charge >= 0.3 is 12.1 Å². The van der Waals surface area contributed by atoms with Crippen LogP contribution in [0.3, 0.4) is 0 Å². The molecule has 3 rings (SSSR count). The van der Waals surface area contributed by atoms with Crippen molar-refractivity contribution in [1.29, 1.82) is 0 Å². The summed E-state index contributed by atoms with van der Waals surface area (Å²) in [6, 6.07) is 15.0. The Kier molecular flexibility index (Phi) is 5.07. The zero-order valence-corrected chi connectivity index (χ0v) is 14.5. The average Bonchev–Trinajstić information content (AvgIpc) is 2.97. The Hall–Kier alpha value is -3.08. The summed E-state index contributed by atoms with van der Waals surface area (Å²) in [5.74, 6) is -1.59. The first kappa shape index (κ1) is 17.7. The molecule has 134 valence electrons. The molecule has 0 saturated heterocycles. The molecule has 0 bridgehead atoms. The van der Waals surface area contributed by atoms with Gasteiger partial charge in [-0.15, -0.1) is 6.58 Å². The first-order chi connectivity index (χ1) is 12.5. The van der Waals surface area contributed by atoms with Crippen LogP contribution in [0.25, 0.3) is 11.1 Å². The smallest absolute Gasteiger partial charge is 0.407 e. The van der Waals surface area contributed by atoms with E-state index in [4.69, 9.17) is 4.74 Å². The maximum Gasteiger partial charge on any atom is 0.407 e.